The molecule has 1 atom stereocenters. The predicted octanol–water partition coefficient (Wildman–Crippen LogP) is 7.14. The normalized spacial score (nSPS) is 12.3. The molecule has 5 heteroatoms. The maximum Gasteiger partial charge on any atom is 0.0782 e. The topological polar surface area (TPSA) is 12.0 Å². The third-order valence-electron chi connectivity index (χ3n) is 3.35. The van der Waals surface area contributed by atoms with Gasteiger partial charge in [0.1, 0.15) is 0 Å². The molecule has 0 saturated carbocycles. The Hall–Kier alpha value is -0.410. The number of hydrogen-bond acceptors (Lipinski definition) is 1. The summed E-state index contributed by atoms with van der Waals surface area (Å²) < 4.78 is 1.07. The Morgan fingerprint density at radius 3 is 2.48 bits per heavy atom. The highest BCUT2D eigenvalue weighted by molar-refractivity contribution is 9.10. The van der Waals surface area contributed by atoms with Gasteiger partial charge in [-0.25, -0.2) is 0 Å². The summed E-state index contributed by atoms with van der Waals surface area (Å²) in [6.45, 7) is 4.18. The molecular weight excluding hydrogens is 392 g/mol. The standard InChI is InChI=1S/C16H15BrCl3N/c1-3-10-8-11(17)4-7-14(10)21-9(2)12-5-6-13(18)16(20)15(12)19/h4-9,21H,3H2,1-2H3. The lowest BCUT2D eigenvalue weighted by atomic mass is 10.1. The second-order valence-corrected chi connectivity index (χ2v) is 6.86. The van der Waals surface area contributed by atoms with E-state index in [9.17, 15) is 0 Å². The molecule has 21 heavy (non-hydrogen) atoms. The van der Waals surface area contributed by atoms with Gasteiger partial charge >= 0.3 is 0 Å². The first-order valence-corrected chi connectivity index (χ1v) is 8.55. The molecule has 0 amide bonds. The zero-order valence-electron chi connectivity index (χ0n) is 11.7. The van der Waals surface area contributed by atoms with Crippen LogP contribution in [0.2, 0.25) is 15.1 Å². The molecule has 0 saturated heterocycles. The second kappa shape index (κ2) is 7.23. The number of anilines is 1. The van der Waals surface area contributed by atoms with Gasteiger partial charge in [0.05, 0.1) is 21.1 Å². The summed E-state index contributed by atoms with van der Waals surface area (Å²) in [7, 11) is 0. The molecule has 0 spiro atoms. The monoisotopic (exact) mass is 405 g/mol. The molecule has 112 valence electrons. The van der Waals surface area contributed by atoms with Gasteiger partial charge in [-0.2, -0.15) is 0 Å². The summed E-state index contributed by atoms with van der Waals surface area (Å²) >= 11 is 21.9. The van der Waals surface area contributed by atoms with Crippen LogP contribution in [-0.2, 0) is 6.42 Å². The van der Waals surface area contributed by atoms with Crippen LogP contribution in [-0.4, -0.2) is 0 Å². The lowest BCUT2D eigenvalue weighted by Crippen LogP contribution is -2.09. The first-order chi connectivity index (χ1) is 9.93. The van der Waals surface area contributed by atoms with Gasteiger partial charge in [-0.3, -0.25) is 0 Å². The van der Waals surface area contributed by atoms with Gasteiger partial charge < -0.3 is 5.32 Å². The van der Waals surface area contributed by atoms with Crippen molar-refractivity contribution < 1.29 is 0 Å². The third kappa shape index (κ3) is 3.87. The molecule has 0 aliphatic heterocycles. The van der Waals surface area contributed by atoms with E-state index >= 15 is 0 Å². The SMILES string of the molecule is CCc1cc(Br)ccc1NC(C)c1ccc(Cl)c(Cl)c1Cl. The number of halogens is 4. The Kier molecular flexibility index (Phi) is 5.84. The van der Waals surface area contributed by atoms with Crippen molar-refractivity contribution in [1.29, 1.82) is 0 Å². The van der Waals surface area contributed by atoms with Crippen molar-refractivity contribution in [3.05, 3.63) is 61.0 Å². The van der Waals surface area contributed by atoms with E-state index in [4.69, 9.17) is 34.8 Å². The van der Waals surface area contributed by atoms with E-state index in [2.05, 4.69) is 40.3 Å². The van der Waals surface area contributed by atoms with Gasteiger partial charge in [-0.15, -0.1) is 0 Å². The Bertz CT molecular complexity index is 658. The van der Waals surface area contributed by atoms with Crippen molar-refractivity contribution in [2.75, 3.05) is 5.32 Å². The first kappa shape index (κ1) is 17.0. The van der Waals surface area contributed by atoms with E-state index in [0.717, 1.165) is 22.1 Å². The molecule has 2 rings (SSSR count). The minimum Gasteiger partial charge on any atom is -0.378 e. The van der Waals surface area contributed by atoms with Crippen molar-refractivity contribution in [3.8, 4) is 0 Å². The van der Waals surface area contributed by atoms with Crippen LogP contribution >= 0.6 is 50.7 Å². The Labute approximate surface area is 148 Å². The van der Waals surface area contributed by atoms with Gasteiger partial charge in [-0.05, 0) is 48.7 Å². The minimum absolute atomic E-state index is 0.0266. The molecule has 0 radical (unpaired) electrons. The highest BCUT2D eigenvalue weighted by Gasteiger charge is 2.15. The molecule has 1 nitrogen and oxygen atoms in total. The molecule has 1 N–H and O–H groups in total. The van der Waals surface area contributed by atoms with Crippen LogP contribution in [0.4, 0.5) is 5.69 Å². The average molecular weight is 408 g/mol. The van der Waals surface area contributed by atoms with Crippen LogP contribution in [0.5, 0.6) is 0 Å². The highest BCUT2D eigenvalue weighted by Crippen LogP contribution is 2.36. The zero-order chi connectivity index (χ0) is 15.6. The molecule has 2 aromatic rings. The van der Waals surface area contributed by atoms with Gasteiger partial charge in [-0.1, -0.05) is 63.7 Å². The zero-order valence-corrected chi connectivity index (χ0v) is 15.5. The maximum atomic E-state index is 6.29. The molecule has 0 fully saturated rings. The van der Waals surface area contributed by atoms with Crippen molar-refractivity contribution in [3.63, 3.8) is 0 Å². The quantitative estimate of drug-likeness (QED) is 0.531. The number of hydrogen-bond donors (Lipinski definition) is 1. The van der Waals surface area contributed by atoms with E-state index < -0.39 is 0 Å². The number of benzene rings is 2. The summed E-state index contributed by atoms with van der Waals surface area (Å²) in [5, 5.41) is 4.85. The Balaban J connectivity index is 2.30. The van der Waals surface area contributed by atoms with E-state index in [-0.39, 0.29) is 6.04 Å². The largest absolute Gasteiger partial charge is 0.378 e. The van der Waals surface area contributed by atoms with Crippen LogP contribution in [0.3, 0.4) is 0 Å². The lowest BCUT2D eigenvalue weighted by molar-refractivity contribution is 0.879. The Morgan fingerprint density at radius 2 is 1.81 bits per heavy atom. The summed E-state index contributed by atoms with van der Waals surface area (Å²) in [6, 6.07) is 9.89. The predicted molar refractivity (Wildman–Crippen MR) is 97.0 cm³/mol. The molecule has 0 aromatic heterocycles. The van der Waals surface area contributed by atoms with Gasteiger partial charge in [0.15, 0.2) is 0 Å². The van der Waals surface area contributed by atoms with Gasteiger partial charge in [0, 0.05) is 10.2 Å². The second-order valence-electron chi connectivity index (χ2n) is 4.79. The van der Waals surface area contributed by atoms with Crippen LogP contribution in [0.25, 0.3) is 0 Å². The number of nitrogens with one attached hydrogen (secondary N) is 1. The van der Waals surface area contributed by atoms with E-state index in [1.807, 2.05) is 19.1 Å². The average Bonchev–Trinajstić information content (AvgIpc) is 2.46. The smallest absolute Gasteiger partial charge is 0.0782 e. The van der Waals surface area contributed by atoms with Crippen molar-refractivity contribution >= 4 is 56.4 Å². The molecular formula is C16H15BrCl3N. The van der Waals surface area contributed by atoms with E-state index in [1.165, 1.54) is 5.56 Å². The Morgan fingerprint density at radius 1 is 1.10 bits per heavy atom. The number of rotatable bonds is 4. The van der Waals surface area contributed by atoms with E-state index in [0.29, 0.717) is 15.1 Å². The molecule has 0 aliphatic carbocycles. The summed E-state index contributed by atoms with van der Waals surface area (Å²) in [4.78, 5) is 0. The van der Waals surface area contributed by atoms with Crippen LogP contribution in [0.15, 0.2) is 34.8 Å². The highest BCUT2D eigenvalue weighted by atomic mass is 79.9. The lowest BCUT2D eigenvalue weighted by Gasteiger charge is -2.20. The molecule has 0 bridgehead atoms. The van der Waals surface area contributed by atoms with Crippen LogP contribution in [0, 0.1) is 0 Å². The fourth-order valence-electron chi connectivity index (χ4n) is 2.18. The fraction of sp³-hybridized carbons (Fsp3) is 0.250. The first-order valence-electron chi connectivity index (χ1n) is 6.62. The van der Waals surface area contributed by atoms with Crippen molar-refractivity contribution in [2.45, 2.75) is 26.3 Å². The van der Waals surface area contributed by atoms with Crippen LogP contribution in [0.1, 0.15) is 31.0 Å². The summed E-state index contributed by atoms with van der Waals surface area (Å²) in [6.07, 6.45) is 0.948. The number of aryl methyl sites for hydroxylation is 1. The van der Waals surface area contributed by atoms with Crippen LogP contribution < -0.4 is 5.32 Å². The summed E-state index contributed by atoms with van der Waals surface area (Å²) in [5.41, 5.74) is 3.26. The molecule has 2 aromatic carbocycles. The third-order valence-corrected chi connectivity index (χ3v) is 5.15. The van der Waals surface area contributed by atoms with Crippen molar-refractivity contribution in [1.82, 2.24) is 0 Å². The maximum absolute atomic E-state index is 6.29. The van der Waals surface area contributed by atoms with Gasteiger partial charge in [0.25, 0.3) is 0 Å². The van der Waals surface area contributed by atoms with Crippen molar-refractivity contribution in [2.24, 2.45) is 0 Å². The minimum atomic E-state index is 0.0266. The fourth-order valence-corrected chi connectivity index (χ4v) is 3.30. The molecule has 0 aliphatic rings. The van der Waals surface area contributed by atoms with E-state index in [1.54, 1.807) is 6.07 Å². The molecule has 1 unspecified atom stereocenters. The van der Waals surface area contributed by atoms with Gasteiger partial charge in [0.2, 0.25) is 0 Å². The summed E-state index contributed by atoms with van der Waals surface area (Å²) in [5.74, 6) is 0. The molecule has 0 heterocycles.